The van der Waals surface area contributed by atoms with Gasteiger partial charge in [-0.15, -0.1) is 5.10 Å². The van der Waals surface area contributed by atoms with Gasteiger partial charge in [0, 0.05) is 6.08 Å². The average molecular weight is 410 g/mol. The Hall–Kier alpha value is -3.68. The third-order valence-electron chi connectivity index (χ3n) is 4.01. The van der Waals surface area contributed by atoms with E-state index < -0.39 is 0 Å². The van der Waals surface area contributed by atoms with E-state index in [0.717, 1.165) is 11.1 Å². The van der Waals surface area contributed by atoms with Gasteiger partial charge in [-0.2, -0.15) is 0 Å². The predicted octanol–water partition coefficient (Wildman–Crippen LogP) is 3.91. The monoisotopic (exact) mass is 410 g/mol. The zero-order valence-corrected chi connectivity index (χ0v) is 17.0. The van der Waals surface area contributed by atoms with E-state index in [-0.39, 0.29) is 23.8 Å². The topological polar surface area (TPSA) is 78.3 Å². The minimum Gasteiger partial charge on any atom is -0.493 e. The lowest BCUT2D eigenvalue weighted by Crippen LogP contribution is -2.10. The smallest absolute Gasteiger partial charge is 0.250 e. The Balaban J connectivity index is 1.59. The highest BCUT2D eigenvalue weighted by atomic mass is 19.1. The molecule has 0 spiro atoms. The number of aromatic nitrogens is 3. The second-order valence-electron chi connectivity index (χ2n) is 6.79. The van der Waals surface area contributed by atoms with Crippen LogP contribution in [0.15, 0.2) is 54.9 Å². The summed E-state index contributed by atoms with van der Waals surface area (Å²) in [6, 6.07) is 11.5. The number of nitrogens with one attached hydrogen (secondary N) is 1. The molecule has 0 bridgehead atoms. The zero-order valence-electron chi connectivity index (χ0n) is 17.0. The van der Waals surface area contributed by atoms with Gasteiger partial charge < -0.3 is 9.47 Å². The van der Waals surface area contributed by atoms with Crippen molar-refractivity contribution in [3.05, 3.63) is 71.8 Å². The SMILES string of the molecule is COc1cc(/C=C/C(=O)Nc2ncn(Cc3ccc(F)cc3)n2)ccc1OC(C)C. The maximum Gasteiger partial charge on any atom is 0.250 e. The number of nitrogens with zero attached hydrogens (tertiary/aromatic N) is 3. The van der Waals surface area contributed by atoms with Gasteiger partial charge in [0.15, 0.2) is 11.5 Å². The van der Waals surface area contributed by atoms with Crippen molar-refractivity contribution in [3.8, 4) is 11.5 Å². The summed E-state index contributed by atoms with van der Waals surface area (Å²) < 4.78 is 25.6. The van der Waals surface area contributed by atoms with Gasteiger partial charge in [-0.05, 0) is 55.3 Å². The summed E-state index contributed by atoms with van der Waals surface area (Å²) in [4.78, 5) is 16.2. The maximum absolute atomic E-state index is 13.0. The van der Waals surface area contributed by atoms with Crippen molar-refractivity contribution >= 4 is 17.9 Å². The number of carbonyl (C=O) groups is 1. The van der Waals surface area contributed by atoms with Crippen LogP contribution in [0.25, 0.3) is 6.08 Å². The first-order valence-electron chi connectivity index (χ1n) is 9.40. The van der Waals surface area contributed by atoms with Gasteiger partial charge in [0.05, 0.1) is 19.8 Å². The van der Waals surface area contributed by atoms with E-state index in [1.54, 1.807) is 42.1 Å². The summed E-state index contributed by atoms with van der Waals surface area (Å²) in [5.74, 6) is 0.760. The lowest BCUT2D eigenvalue weighted by Gasteiger charge is -2.13. The van der Waals surface area contributed by atoms with Crippen molar-refractivity contribution in [2.45, 2.75) is 26.5 Å². The molecule has 3 rings (SSSR count). The molecule has 3 aromatic rings. The third kappa shape index (κ3) is 5.91. The number of carbonyl (C=O) groups excluding carboxylic acids is 1. The summed E-state index contributed by atoms with van der Waals surface area (Å²) >= 11 is 0. The first kappa shape index (κ1) is 21.0. The molecular weight excluding hydrogens is 387 g/mol. The van der Waals surface area contributed by atoms with Crippen LogP contribution in [0.3, 0.4) is 0 Å². The number of hydrogen-bond donors (Lipinski definition) is 1. The number of amides is 1. The van der Waals surface area contributed by atoms with Crippen LogP contribution in [0.4, 0.5) is 10.3 Å². The summed E-state index contributed by atoms with van der Waals surface area (Å²) in [6.45, 7) is 4.29. The molecule has 2 aromatic carbocycles. The minimum absolute atomic E-state index is 0.0291. The number of rotatable bonds is 8. The Bertz CT molecular complexity index is 1030. The largest absolute Gasteiger partial charge is 0.493 e. The first-order valence-corrected chi connectivity index (χ1v) is 9.40. The molecule has 0 saturated heterocycles. The van der Waals surface area contributed by atoms with Gasteiger partial charge >= 0.3 is 0 Å². The lowest BCUT2D eigenvalue weighted by molar-refractivity contribution is -0.111. The van der Waals surface area contributed by atoms with Crippen molar-refractivity contribution in [1.29, 1.82) is 0 Å². The molecule has 0 unspecified atom stereocenters. The van der Waals surface area contributed by atoms with E-state index in [2.05, 4.69) is 15.4 Å². The van der Waals surface area contributed by atoms with E-state index in [1.165, 1.54) is 24.5 Å². The molecular formula is C22H23FN4O3. The van der Waals surface area contributed by atoms with Crippen molar-refractivity contribution in [3.63, 3.8) is 0 Å². The van der Waals surface area contributed by atoms with E-state index in [9.17, 15) is 9.18 Å². The van der Waals surface area contributed by atoms with Crippen LogP contribution in [0.2, 0.25) is 0 Å². The number of benzene rings is 2. The molecule has 0 aliphatic carbocycles. The fourth-order valence-electron chi connectivity index (χ4n) is 2.67. The molecule has 1 heterocycles. The van der Waals surface area contributed by atoms with E-state index >= 15 is 0 Å². The molecule has 0 aliphatic heterocycles. The molecule has 156 valence electrons. The molecule has 0 aliphatic rings. The summed E-state index contributed by atoms with van der Waals surface area (Å²) in [7, 11) is 1.57. The van der Waals surface area contributed by atoms with Crippen molar-refractivity contribution in [2.75, 3.05) is 12.4 Å². The highest BCUT2D eigenvalue weighted by molar-refractivity contribution is 6.00. The average Bonchev–Trinajstić information content (AvgIpc) is 3.15. The minimum atomic E-state index is -0.365. The van der Waals surface area contributed by atoms with Crippen LogP contribution in [0.5, 0.6) is 11.5 Å². The molecule has 1 amide bonds. The second kappa shape index (κ2) is 9.69. The van der Waals surface area contributed by atoms with E-state index in [0.29, 0.717) is 18.0 Å². The van der Waals surface area contributed by atoms with Crippen LogP contribution in [0.1, 0.15) is 25.0 Å². The van der Waals surface area contributed by atoms with Crippen LogP contribution in [-0.2, 0) is 11.3 Å². The number of hydrogen-bond acceptors (Lipinski definition) is 5. The Morgan fingerprint density at radius 3 is 2.67 bits per heavy atom. The molecule has 0 atom stereocenters. The first-order chi connectivity index (χ1) is 14.4. The molecule has 0 fully saturated rings. The molecule has 30 heavy (non-hydrogen) atoms. The van der Waals surface area contributed by atoms with Crippen molar-refractivity contribution in [2.24, 2.45) is 0 Å². The number of methoxy groups -OCH3 is 1. The summed E-state index contributed by atoms with van der Waals surface area (Å²) in [5, 5.41) is 6.81. The fourth-order valence-corrected chi connectivity index (χ4v) is 2.67. The van der Waals surface area contributed by atoms with E-state index in [1.807, 2.05) is 19.9 Å². The molecule has 8 heteroatoms. The normalized spacial score (nSPS) is 11.1. The lowest BCUT2D eigenvalue weighted by atomic mass is 10.2. The number of anilines is 1. The Kier molecular flexibility index (Phi) is 6.79. The van der Waals surface area contributed by atoms with Crippen LogP contribution >= 0.6 is 0 Å². The number of ether oxygens (including phenoxy) is 2. The highest BCUT2D eigenvalue weighted by Crippen LogP contribution is 2.29. The summed E-state index contributed by atoms with van der Waals surface area (Å²) in [5.41, 5.74) is 1.66. The molecule has 7 nitrogen and oxygen atoms in total. The van der Waals surface area contributed by atoms with Gasteiger partial charge in [-0.25, -0.2) is 14.1 Å². The summed E-state index contributed by atoms with van der Waals surface area (Å²) in [6.07, 6.45) is 4.58. The molecule has 1 aromatic heterocycles. The highest BCUT2D eigenvalue weighted by Gasteiger charge is 2.08. The quantitative estimate of drug-likeness (QED) is 0.570. The van der Waals surface area contributed by atoms with Crippen LogP contribution < -0.4 is 14.8 Å². The van der Waals surface area contributed by atoms with Gasteiger partial charge in [-0.1, -0.05) is 18.2 Å². The zero-order chi connectivity index (χ0) is 21.5. The van der Waals surface area contributed by atoms with Crippen molar-refractivity contribution < 1.29 is 18.7 Å². The Labute approximate surface area is 174 Å². The van der Waals surface area contributed by atoms with Gasteiger partial charge in [-0.3, -0.25) is 10.1 Å². The van der Waals surface area contributed by atoms with Gasteiger partial charge in [0.2, 0.25) is 5.95 Å². The molecule has 1 N–H and O–H groups in total. The van der Waals surface area contributed by atoms with Crippen molar-refractivity contribution in [1.82, 2.24) is 14.8 Å². The number of halogens is 1. The van der Waals surface area contributed by atoms with Gasteiger partial charge in [0.25, 0.3) is 5.91 Å². The standard InChI is InChI=1S/C22H23FN4O3/c1-15(2)30-19-10-6-16(12-20(19)29-3)7-11-21(28)25-22-24-14-27(26-22)13-17-4-8-18(23)9-5-17/h4-12,14-15H,13H2,1-3H3,(H,25,26,28)/b11-7+. The molecule has 0 saturated carbocycles. The maximum atomic E-state index is 13.0. The molecule has 0 radical (unpaired) electrons. The van der Waals surface area contributed by atoms with Crippen LogP contribution in [0, 0.1) is 5.82 Å². The second-order valence-corrected chi connectivity index (χ2v) is 6.79. The fraction of sp³-hybridized carbons (Fsp3) is 0.227. The van der Waals surface area contributed by atoms with Crippen LogP contribution in [-0.4, -0.2) is 33.9 Å². The van der Waals surface area contributed by atoms with Gasteiger partial charge in [0.1, 0.15) is 12.1 Å². The Morgan fingerprint density at radius 2 is 1.97 bits per heavy atom. The van der Waals surface area contributed by atoms with E-state index in [4.69, 9.17) is 9.47 Å². The third-order valence-corrected chi connectivity index (χ3v) is 4.01. The Morgan fingerprint density at radius 1 is 1.20 bits per heavy atom. The predicted molar refractivity (Wildman–Crippen MR) is 112 cm³/mol.